The summed E-state index contributed by atoms with van der Waals surface area (Å²) in [7, 11) is 0. The highest BCUT2D eigenvalue weighted by molar-refractivity contribution is 4.88. The topological polar surface area (TPSA) is 12.0 Å². The third-order valence-corrected chi connectivity index (χ3v) is 4.41. The van der Waals surface area contributed by atoms with Gasteiger partial charge in [-0.15, -0.1) is 0 Å². The molecule has 1 aliphatic carbocycles. The number of hydrogen-bond acceptors (Lipinski definition) is 1. The molecule has 0 aromatic carbocycles. The minimum atomic E-state index is 0.627. The molecule has 1 heteroatoms. The fourth-order valence-electron chi connectivity index (χ4n) is 3.05. The van der Waals surface area contributed by atoms with E-state index in [9.17, 15) is 0 Å². The summed E-state index contributed by atoms with van der Waals surface area (Å²) in [6.45, 7) is 9.51. The third-order valence-electron chi connectivity index (χ3n) is 4.41. The maximum atomic E-state index is 3.66. The van der Waals surface area contributed by atoms with E-state index in [0.717, 1.165) is 5.92 Å². The molecule has 0 saturated heterocycles. The molecule has 0 bridgehead atoms. The van der Waals surface area contributed by atoms with Gasteiger partial charge in [-0.3, -0.25) is 0 Å². The molecule has 90 valence electrons. The van der Waals surface area contributed by atoms with Crippen LogP contribution in [0, 0.1) is 11.3 Å². The second kappa shape index (κ2) is 6.52. The molecule has 15 heavy (non-hydrogen) atoms. The summed E-state index contributed by atoms with van der Waals surface area (Å²) in [6.07, 6.45) is 9.89. The normalized spacial score (nSPS) is 22.6. The third kappa shape index (κ3) is 3.48. The Bertz CT molecular complexity index is 159. The van der Waals surface area contributed by atoms with Gasteiger partial charge in [0.1, 0.15) is 0 Å². The van der Waals surface area contributed by atoms with Crippen LogP contribution in [0.15, 0.2) is 0 Å². The Morgan fingerprint density at radius 2 is 1.80 bits per heavy atom. The summed E-state index contributed by atoms with van der Waals surface area (Å²) in [5.74, 6) is 0.891. The van der Waals surface area contributed by atoms with Crippen LogP contribution in [0.5, 0.6) is 0 Å². The van der Waals surface area contributed by atoms with Crippen LogP contribution in [-0.4, -0.2) is 13.1 Å². The summed E-state index contributed by atoms with van der Waals surface area (Å²) < 4.78 is 0. The maximum absolute atomic E-state index is 3.66. The van der Waals surface area contributed by atoms with Crippen molar-refractivity contribution in [3.63, 3.8) is 0 Å². The van der Waals surface area contributed by atoms with Crippen molar-refractivity contribution in [1.82, 2.24) is 5.32 Å². The molecule has 0 amide bonds. The van der Waals surface area contributed by atoms with Gasteiger partial charge in [0.05, 0.1) is 0 Å². The first kappa shape index (κ1) is 13.0. The molecule has 1 aliphatic rings. The molecule has 0 radical (unpaired) electrons. The van der Waals surface area contributed by atoms with E-state index in [1.807, 2.05) is 0 Å². The largest absolute Gasteiger partial charge is 0.316 e. The van der Waals surface area contributed by atoms with Crippen molar-refractivity contribution in [3.05, 3.63) is 0 Å². The Kier molecular flexibility index (Phi) is 5.66. The highest BCUT2D eigenvalue weighted by atomic mass is 14.9. The quantitative estimate of drug-likeness (QED) is 0.655. The minimum Gasteiger partial charge on any atom is -0.316 e. The Morgan fingerprint density at radius 1 is 1.13 bits per heavy atom. The molecule has 0 heterocycles. The van der Waals surface area contributed by atoms with E-state index < -0.39 is 0 Å². The molecule has 1 fully saturated rings. The van der Waals surface area contributed by atoms with Gasteiger partial charge in [0.25, 0.3) is 0 Å². The zero-order valence-corrected chi connectivity index (χ0v) is 10.9. The molecule has 0 aliphatic heterocycles. The first-order valence-electron chi connectivity index (χ1n) is 6.96. The van der Waals surface area contributed by atoms with Crippen LogP contribution in [0.3, 0.4) is 0 Å². The molecule has 1 nitrogen and oxygen atoms in total. The van der Waals surface area contributed by atoms with Gasteiger partial charge in [-0.05, 0) is 37.1 Å². The summed E-state index contributed by atoms with van der Waals surface area (Å²) in [4.78, 5) is 0. The summed E-state index contributed by atoms with van der Waals surface area (Å²) in [5, 5.41) is 3.66. The van der Waals surface area contributed by atoms with Crippen molar-refractivity contribution in [1.29, 1.82) is 0 Å². The van der Waals surface area contributed by atoms with Crippen LogP contribution in [-0.2, 0) is 0 Å². The fourth-order valence-corrected chi connectivity index (χ4v) is 3.05. The Labute approximate surface area is 96.0 Å². The Balaban J connectivity index is 2.50. The zero-order valence-electron chi connectivity index (χ0n) is 10.9. The van der Waals surface area contributed by atoms with Gasteiger partial charge in [-0.25, -0.2) is 0 Å². The van der Waals surface area contributed by atoms with Crippen molar-refractivity contribution in [3.8, 4) is 0 Å². The highest BCUT2D eigenvalue weighted by Crippen LogP contribution is 2.43. The van der Waals surface area contributed by atoms with Crippen molar-refractivity contribution >= 4 is 0 Å². The van der Waals surface area contributed by atoms with Gasteiger partial charge in [0.2, 0.25) is 0 Å². The monoisotopic (exact) mass is 211 g/mol. The average Bonchev–Trinajstić information content (AvgIpc) is 2.29. The van der Waals surface area contributed by atoms with Gasteiger partial charge >= 0.3 is 0 Å². The second-order valence-electron chi connectivity index (χ2n) is 5.41. The molecule has 1 N–H and O–H groups in total. The Hall–Kier alpha value is -0.0400. The summed E-state index contributed by atoms with van der Waals surface area (Å²) >= 11 is 0. The molecular weight excluding hydrogens is 182 g/mol. The van der Waals surface area contributed by atoms with Crippen LogP contribution < -0.4 is 5.32 Å². The maximum Gasteiger partial charge on any atom is 0.00104 e. The SMILES string of the molecule is CCCNCC1(C(C)CC)CCCCC1. The first-order valence-corrected chi connectivity index (χ1v) is 6.96. The van der Waals surface area contributed by atoms with Gasteiger partial charge in [-0.2, -0.15) is 0 Å². The van der Waals surface area contributed by atoms with E-state index in [1.165, 1.54) is 58.0 Å². The molecular formula is C14H29N. The lowest BCUT2D eigenvalue weighted by Crippen LogP contribution is -2.41. The van der Waals surface area contributed by atoms with Crippen molar-refractivity contribution < 1.29 is 0 Å². The van der Waals surface area contributed by atoms with E-state index in [0.29, 0.717) is 5.41 Å². The van der Waals surface area contributed by atoms with Gasteiger partial charge in [-0.1, -0.05) is 46.5 Å². The molecule has 1 rings (SSSR count). The van der Waals surface area contributed by atoms with E-state index in [1.54, 1.807) is 0 Å². The molecule has 0 aromatic rings. The standard InChI is InChI=1S/C14H29N/c1-4-11-15-12-14(13(3)5-2)9-7-6-8-10-14/h13,15H,4-12H2,1-3H3. The van der Waals surface area contributed by atoms with Crippen LogP contribution >= 0.6 is 0 Å². The lowest BCUT2D eigenvalue weighted by molar-refractivity contribution is 0.102. The highest BCUT2D eigenvalue weighted by Gasteiger charge is 2.35. The first-order chi connectivity index (χ1) is 7.25. The molecule has 1 atom stereocenters. The predicted molar refractivity (Wildman–Crippen MR) is 68.1 cm³/mol. The zero-order chi connectivity index (χ0) is 11.1. The molecule has 1 unspecified atom stereocenters. The van der Waals surface area contributed by atoms with E-state index in [2.05, 4.69) is 26.1 Å². The predicted octanol–water partition coefficient (Wildman–Crippen LogP) is 3.98. The van der Waals surface area contributed by atoms with Gasteiger partial charge < -0.3 is 5.32 Å². The van der Waals surface area contributed by atoms with Crippen molar-refractivity contribution in [2.75, 3.05) is 13.1 Å². The molecule has 0 aromatic heterocycles. The van der Waals surface area contributed by atoms with E-state index >= 15 is 0 Å². The average molecular weight is 211 g/mol. The molecule has 0 spiro atoms. The second-order valence-corrected chi connectivity index (χ2v) is 5.41. The Morgan fingerprint density at radius 3 is 2.33 bits per heavy atom. The van der Waals surface area contributed by atoms with E-state index in [4.69, 9.17) is 0 Å². The number of rotatable bonds is 6. The fraction of sp³-hybridized carbons (Fsp3) is 1.00. The summed E-state index contributed by atoms with van der Waals surface area (Å²) in [6, 6.07) is 0. The van der Waals surface area contributed by atoms with Crippen molar-refractivity contribution in [2.24, 2.45) is 11.3 Å². The minimum absolute atomic E-state index is 0.627. The van der Waals surface area contributed by atoms with E-state index in [-0.39, 0.29) is 0 Å². The smallest absolute Gasteiger partial charge is 0.00104 e. The van der Waals surface area contributed by atoms with Crippen LogP contribution in [0.1, 0.15) is 65.7 Å². The van der Waals surface area contributed by atoms with Crippen LogP contribution in [0.25, 0.3) is 0 Å². The lowest BCUT2D eigenvalue weighted by atomic mass is 9.65. The van der Waals surface area contributed by atoms with Crippen LogP contribution in [0.2, 0.25) is 0 Å². The summed E-state index contributed by atoms with van der Waals surface area (Å²) in [5.41, 5.74) is 0.627. The molecule has 1 saturated carbocycles. The lowest BCUT2D eigenvalue weighted by Gasteiger charge is -2.42. The van der Waals surface area contributed by atoms with Crippen molar-refractivity contribution in [2.45, 2.75) is 65.7 Å². The van der Waals surface area contributed by atoms with Gasteiger partial charge in [0, 0.05) is 6.54 Å². The van der Waals surface area contributed by atoms with Crippen LogP contribution in [0.4, 0.5) is 0 Å². The number of nitrogens with one attached hydrogen (secondary N) is 1. The number of hydrogen-bond donors (Lipinski definition) is 1. The van der Waals surface area contributed by atoms with Gasteiger partial charge in [0.15, 0.2) is 0 Å².